The van der Waals surface area contributed by atoms with Crippen molar-refractivity contribution in [1.29, 1.82) is 0 Å². The highest BCUT2D eigenvalue weighted by Crippen LogP contribution is 2.17. The van der Waals surface area contributed by atoms with Gasteiger partial charge < -0.3 is 15.2 Å². The molecule has 0 aliphatic carbocycles. The molecule has 0 spiro atoms. The van der Waals surface area contributed by atoms with Gasteiger partial charge in [0, 0.05) is 12.3 Å². The summed E-state index contributed by atoms with van der Waals surface area (Å²) < 4.78 is 5.05. The summed E-state index contributed by atoms with van der Waals surface area (Å²) in [7, 11) is 1.60. The first-order valence-electron chi connectivity index (χ1n) is 5.84. The van der Waals surface area contributed by atoms with E-state index in [1.165, 1.54) is 11.8 Å². The molecule has 5 heteroatoms. The maximum atomic E-state index is 11.8. The van der Waals surface area contributed by atoms with E-state index in [9.17, 15) is 4.79 Å². The number of hydrogen-bond donors (Lipinski definition) is 2. The monoisotopic (exact) mass is 269 g/mol. The van der Waals surface area contributed by atoms with Crippen molar-refractivity contribution in [3.05, 3.63) is 24.3 Å². The number of benzene rings is 1. The highest BCUT2D eigenvalue weighted by Gasteiger charge is 2.12. The molecule has 1 aromatic carbocycles. The maximum Gasteiger partial charge on any atom is 0.237 e. The topological polar surface area (TPSA) is 58.6 Å². The number of nitrogens with one attached hydrogen (secondary N) is 1. The van der Waals surface area contributed by atoms with Gasteiger partial charge in [-0.25, -0.2) is 0 Å². The quantitative estimate of drug-likeness (QED) is 0.745. The number of aliphatic hydroxyl groups is 1. The van der Waals surface area contributed by atoms with Crippen LogP contribution in [-0.4, -0.2) is 35.7 Å². The smallest absolute Gasteiger partial charge is 0.237 e. The lowest BCUT2D eigenvalue weighted by atomic mass is 10.3. The van der Waals surface area contributed by atoms with Crippen LogP contribution in [0.1, 0.15) is 13.3 Å². The van der Waals surface area contributed by atoms with Crippen LogP contribution in [-0.2, 0) is 4.79 Å². The molecule has 0 saturated carbocycles. The number of methoxy groups -OCH3 is 1. The molecule has 0 fully saturated rings. The van der Waals surface area contributed by atoms with Crippen molar-refractivity contribution >= 4 is 23.4 Å². The zero-order chi connectivity index (χ0) is 13.4. The van der Waals surface area contributed by atoms with Crippen LogP contribution in [0.2, 0.25) is 0 Å². The van der Waals surface area contributed by atoms with Crippen molar-refractivity contribution in [2.45, 2.75) is 18.6 Å². The minimum Gasteiger partial charge on any atom is -0.497 e. The van der Waals surface area contributed by atoms with Gasteiger partial charge in [0.05, 0.1) is 12.4 Å². The number of ether oxygens (including phenoxy) is 1. The van der Waals surface area contributed by atoms with Gasteiger partial charge in [-0.3, -0.25) is 4.79 Å². The number of amides is 1. The first kappa shape index (κ1) is 14.9. The van der Waals surface area contributed by atoms with Gasteiger partial charge in [0.25, 0.3) is 0 Å². The predicted octanol–water partition coefficient (Wildman–Crippen LogP) is 2.14. The van der Waals surface area contributed by atoms with Gasteiger partial charge in [0.2, 0.25) is 5.91 Å². The summed E-state index contributed by atoms with van der Waals surface area (Å²) >= 11 is 1.54. The van der Waals surface area contributed by atoms with E-state index in [2.05, 4.69) is 5.32 Å². The summed E-state index contributed by atoms with van der Waals surface area (Å²) in [5, 5.41) is 11.4. The number of carbonyl (C=O) groups is 1. The van der Waals surface area contributed by atoms with Crippen LogP contribution < -0.4 is 10.1 Å². The zero-order valence-corrected chi connectivity index (χ0v) is 11.5. The Kier molecular flexibility index (Phi) is 6.60. The molecule has 100 valence electrons. The number of anilines is 1. The molecule has 0 saturated heterocycles. The van der Waals surface area contributed by atoms with Crippen molar-refractivity contribution in [2.75, 3.05) is 24.8 Å². The van der Waals surface area contributed by atoms with Gasteiger partial charge in [0.15, 0.2) is 0 Å². The molecule has 4 nitrogen and oxygen atoms in total. The molecular formula is C13H19NO3S. The number of aliphatic hydroxyl groups excluding tert-OH is 1. The van der Waals surface area contributed by atoms with Crippen molar-refractivity contribution in [3.63, 3.8) is 0 Å². The van der Waals surface area contributed by atoms with E-state index in [1.807, 2.05) is 19.1 Å². The third kappa shape index (κ3) is 4.98. The fourth-order valence-electron chi connectivity index (χ4n) is 1.32. The van der Waals surface area contributed by atoms with E-state index in [1.54, 1.807) is 19.2 Å². The second-order valence-electron chi connectivity index (χ2n) is 3.81. The van der Waals surface area contributed by atoms with E-state index in [4.69, 9.17) is 9.84 Å². The van der Waals surface area contributed by atoms with Crippen molar-refractivity contribution < 1.29 is 14.6 Å². The number of rotatable bonds is 7. The lowest BCUT2D eigenvalue weighted by Gasteiger charge is -2.11. The summed E-state index contributed by atoms with van der Waals surface area (Å²) in [4.78, 5) is 11.8. The fourth-order valence-corrected chi connectivity index (χ4v) is 2.18. The lowest BCUT2D eigenvalue weighted by Crippen LogP contribution is -2.22. The van der Waals surface area contributed by atoms with Gasteiger partial charge in [-0.2, -0.15) is 0 Å². The third-order valence-electron chi connectivity index (χ3n) is 2.40. The largest absolute Gasteiger partial charge is 0.497 e. The van der Waals surface area contributed by atoms with Gasteiger partial charge in [-0.15, -0.1) is 11.8 Å². The van der Waals surface area contributed by atoms with E-state index in [0.29, 0.717) is 6.42 Å². The van der Waals surface area contributed by atoms with Crippen LogP contribution in [0.4, 0.5) is 5.69 Å². The van der Waals surface area contributed by atoms with Crippen LogP contribution in [0.3, 0.4) is 0 Å². The van der Waals surface area contributed by atoms with Crippen LogP contribution in [0, 0.1) is 0 Å². The molecule has 18 heavy (non-hydrogen) atoms. The fraction of sp³-hybridized carbons (Fsp3) is 0.462. The molecule has 0 aliphatic rings. The minimum absolute atomic E-state index is 0.0249. The number of carbonyl (C=O) groups excluding carboxylic acids is 1. The van der Waals surface area contributed by atoms with E-state index < -0.39 is 0 Å². The number of thioether (sulfide) groups is 1. The Hall–Kier alpha value is -1.20. The summed E-state index contributed by atoms with van der Waals surface area (Å²) in [6.07, 6.45) is 0.713. The molecule has 1 atom stereocenters. The molecule has 0 heterocycles. The molecule has 1 aromatic rings. The second kappa shape index (κ2) is 8.00. The first-order valence-corrected chi connectivity index (χ1v) is 6.89. The normalized spacial score (nSPS) is 11.9. The standard InChI is InChI=1S/C13H19NO3S/c1-10(18-9-3-8-15)13(16)14-11-4-6-12(17-2)7-5-11/h4-7,10,15H,3,8-9H2,1-2H3,(H,14,16). The van der Waals surface area contributed by atoms with E-state index in [-0.39, 0.29) is 17.8 Å². The van der Waals surface area contributed by atoms with Gasteiger partial charge in [0.1, 0.15) is 5.75 Å². The number of hydrogen-bond acceptors (Lipinski definition) is 4. The van der Waals surface area contributed by atoms with Crippen LogP contribution in [0.15, 0.2) is 24.3 Å². The summed E-state index contributed by atoms with van der Waals surface area (Å²) in [6.45, 7) is 2.03. The van der Waals surface area contributed by atoms with Crippen molar-refractivity contribution in [1.82, 2.24) is 0 Å². The average molecular weight is 269 g/mol. The summed E-state index contributed by atoms with van der Waals surface area (Å²) in [5.74, 6) is 1.52. The second-order valence-corrected chi connectivity index (χ2v) is 5.26. The zero-order valence-electron chi connectivity index (χ0n) is 10.7. The van der Waals surface area contributed by atoms with E-state index in [0.717, 1.165) is 17.2 Å². The van der Waals surface area contributed by atoms with E-state index >= 15 is 0 Å². The van der Waals surface area contributed by atoms with Gasteiger partial charge >= 0.3 is 0 Å². The SMILES string of the molecule is COc1ccc(NC(=O)C(C)SCCCO)cc1. The molecule has 0 bridgehead atoms. The Labute approximate surface area is 112 Å². The Morgan fingerprint density at radius 1 is 1.44 bits per heavy atom. The Morgan fingerprint density at radius 2 is 2.11 bits per heavy atom. The molecular weight excluding hydrogens is 250 g/mol. The molecule has 0 aliphatic heterocycles. The Morgan fingerprint density at radius 3 is 2.67 bits per heavy atom. The Balaban J connectivity index is 2.42. The highest BCUT2D eigenvalue weighted by atomic mass is 32.2. The third-order valence-corrected chi connectivity index (χ3v) is 3.64. The lowest BCUT2D eigenvalue weighted by molar-refractivity contribution is -0.115. The average Bonchev–Trinajstić information content (AvgIpc) is 2.39. The maximum absolute atomic E-state index is 11.8. The molecule has 2 N–H and O–H groups in total. The molecule has 1 rings (SSSR count). The molecule has 0 radical (unpaired) electrons. The summed E-state index contributed by atoms with van der Waals surface area (Å²) in [5.41, 5.74) is 0.760. The molecule has 1 unspecified atom stereocenters. The van der Waals surface area contributed by atoms with Crippen LogP contribution >= 0.6 is 11.8 Å². The van der Waals surface area contributed by atoms with Gasteiger partial charge in [-0.05, 0) is 43.4 Å². The molecule has 1 amide bonds. The minimum atomic E-state index is -0.126. The first-order chi connectivity index (χ1) is 8.67. The molecule has 0 aromatic heterocycles. The van der Waals surface area contributed by atoms with Crippen molar-refractivity contribution in [2.24, 2.45) is 0 Å². The summed E-state index contributed by atoms with van der Waals surface area (Å²) in [6, 6.07) is 7.22. The highest BCUT2D eigenvalue weighted by molar-refractivity contribution is 8.00. The van der Waals surface area contributed by atoms with Crippen molar-refractivity contribution in [3.8, 4) is 5.75 Å². The van der Waals surface area contributed by atoms with Gasteiger partial charge in [-0.1, -0.05) is 0 Å². The predicted molar refractivity (Wildman–Crippen MR) is 75.2 cm³/mol. The Bertz CT molecular complexity index is 367. The van der Waals surface area contributed by atoms with Crippen LogP contribution in [0.25, 0.3) is 0 Å². The van der Waals surface area contributed by atoms with Crippen LogP contribution in [0.5, 0.6) is 5.75 Å².